The van der Waals surface area contributed by atoms with E-state index < -0.39 is 6.10 Å². The summed E-state index contributed by atoms with van der Waals surface area (Å²) in [5.74, 6) is 0. The summed E-state index contributed by atoms with van der Waals surface area (Å²) in [6.45, 7) is 7.84. The molecule has 0 aliphatic heterocycles. The molecule has 0 bridgehead atoms. The number of hydrogen-bond acceptors (Lipinski definition) is 2. The highest BCUT2D eigenvalue weighted by Gasteiger charge is 2.08. The molecule has 1 atom stereocenters. The van der Waals surface area contributed by atoms with Crippen molar-refractivity contribution in [2.24, 2.45) is 0 Å². The zero-order valence-corrected chi connectivity index (χ0v) is 13.7. The summed E-state index contributed by atoms with van der Waals surface area (Å²) in [4.78, 5) is 9.71. The van der Waals surface area contributed by atoms with Crippen LogP contribution in [0, 0.1) is 6.92 Å². The van der Waals surface area contributed by atoms with Crippen LogP contribution in [0.5, 0.6) is 0 Å². The molecule has 22 heavy (non-hydrogen) atoms. The van der Waals surface area contributed by atoms with Crippen LogP contribution in [0.4, 0.5) is 0 Å². The number of benzene rings is 2. The summed E-state index contributed by atoms with van der Waals surface area (Å²) in [6, 6.07) is 17.7. The van der Waals surface area contributed by atoms with Gasteiger partial charge in [-0.15, -0.1) is 0 Å². The molecule has 1 amide bonds. The highest BCUT2D eigenvalue weighted by molar-refractivity contribution is 5.47. The fourth-order valence-corrected chi connectivity index (χ4v) is 1.75. The summed E-state index contributed by atoms with van der Waals surface area (Å²) in [5, 5.41) is 12.7. The van der Waals surface area contributed by atoms with Crippen LogP contribution in [0.3, 0.4) is 0 Å². The highest BCUT2D eigenvalue weighted by atomic mass is 16.3. The van der Waals surface area contributed by atoms with Gasteiger partial charge < -0.3 is 10.4 Å². The van der Waals surface area contributed by atoms with Crippen LogP contribution in [0.1, 0.15) is 43.6 Å². The lowest BCUT2D eigenvalue weighted by Crippen LogP contribution is -2.34. The molecular formula is C19H25NO2. The third-order valence-corrected chi connectivity index (χ3v) is 3.00. The largest absolute Gasteiger partial charge is 0.384 e. The highest BCUT2D eigenvalue weighted by Crippen LogP contribution is 2.21. The zero-order valence-electron chi connectivity index (χ0n) is 13.7. The van der Waals surface area contributed by atoms with E-state index in [1.807, 2.05) is 82.3 Å². The van der Waals surface area contributed by atoms with E-state index in [1.165, 1.54) is 5.56 Å². The van der Waals surface area contributed by atoms with Crippen LogP contribution >= 0.6 is 0 Å². The van der Waals surface area contributed by atoms with Gasteiger partial charge in [-0.1, -0.05) is 60.2 Å². The van der Waals surface area contributed by atoms with Crippen molar-refractivity contribution in [1.29, 1.82) is 0 Å². The maximum Gasteiger partial charge on any atom is 0.207 e. The number of carbonyl (C=O) groups is 1. The molecule has 0 radical (unpaired) electrons. The molecule has 0 fully saturated rings. The fraction of sp³-hybridized carbons (Fsp3) is 0.316. The van der Waals surface area contributed by atoms with Crippen molar-refractivity contribution in [3.05, 3.63) is 71.3 Å². The van der Waals surface area contributed by atoms with E-state index in [-0.39, 0.29) is 5.54 Å². The quantitative estimate of drug-likeness (QED) is 0.851. The first kappa shape index (κ1) is 17.9. The molecule has 3 nitrogen and oxygen atoms in total. The molecule has 2 N–H and O–H groups in total. The number of nitrogens with one attached hydrogen (secondary N) is 1. The molecule has 3 heteroatoms. The molecule has 0 aliphatic rings. The predicted octanol–water partition coefficient (Wildman–Crippen LogP) is 3.61. The van der Waals surface area contributed by atoms with E-state index in [9.17, 15) is 9.90 Å². The molecule has 118 valence electrons. The van der Waals surface area contributed by atoms with Gasteiger partial charge in [0, 0.05) is 5.54 Å². The minimum absolute atomic E-state index is 0.0677. The van der Waals surface area contributed by atoms with Crippen molar-refractivity contribution < 1.29 is 9.90 Å². The lowest BCUT2D eigenvalue weighted by atomic mass is 10.0. The summed E-state index contributed by atoms with van der Waals surface area (Å²) >= 11 is 0. The van der Waals surface area contributed by atoms with Gasteiger partial charge in [-0.3, -0.25) is 4.79 Å². The summed E-state index contributed by atoms with van der Waals surface area (Å²) in [6.07, 6.45) is 0.187. The van der Waals surface area contributed by atoms with Gasteiger partial charge in [0.1, 0.15) is 6.10 Å². The zero-order chi connectivity index (χ0) is 16.6. The Kier molecular flexibility index (Phi) is 6.80. The molecule has 0 saturated carbocycles. The molecule has 1 unspecified atom stereocenters. The Labute approximate surface area is 133 Å². The van der Waals surface area contributed by atoms with Gasteiger partial charge in [0.05, 0.1) is 0 Å². The molecule has 0 spiro atoms. The van der Waals surface area contributed by atoms with E-state index in [4.69, 9.17) is 0 Å². The minimum atomic E-state index is -0.521. The smallest absolute Gasteiger partial charge is 0.207 e. The number of carbonyl (C=O) groups excluding carboxylic acids is 1. The van der Waals surface area contributed by atoms with Crippen LogP contribution in [0.25, 0.3) is 0 Å². The normalized spacial score (nSPS) is 11.9. The Morgan fingerprint density at radius 1 is 0.955 bits per heavy atom. The fourth-order valence-electron chi connectivity index (χ4n) is 1.75. The van der Waals surface area contributed by atoms with Gasteiger partial charge in [-0.25, -0.2) is 0 Å². The lowest BCUT2D eigenvalue weighted by molar-refractivity contribution is -0.110. The van der Waals surface area contributed by atoms with Crippen LogP contribution in [0.15, 0.2) is 54.6 Å². The topological polar surface area (TPSA) is 49.3 Å². The van der Waals surface area contributed by atoms with Crippen LogP contribution in [-0.4, -0.2) is 17.1 Å². The Hall–Kier alpha value is -2.13. The summed E-state index contributed by atoms with van der Waals surface area (Å²) in [5.41, 5.74) is 3.01. The number of rotatable bonds is 3. The van der Waals surface area contributed by atoms with Crippen molar-refractivity contribution in [3.8, 4) is 0 Å². The first-order valence-electron chi connectivity index (χ1n) is 7.34. The van der Waals surface area contributed by atoms with Gasteiger partial charge in [0.25, 0.3) is 0 Å². The van der Waals surface area contributed by atoms with Gasteiger partial charge in [-0.05, 0) is 38.8 Å². The Bertz CT molecular complexity index is 556. The van der Waals surface area contributed by atoms with E-state index in [0.29, 0.717) is 6.41 Å². The molecule has 0 heterocycles. The second-order valence-corrected chi connectivity index (χ2v) is 6.24. The number of hydrogen-bond donors (Lipinski definition) is 2. The Balaban J connectivity index is 0.000000295. The molecular weight excluding hydrogens is 274 g/mol. The van der Waals surface area contributed by atoms with Crippen molar-refractivity contribution in [2.75, 3.05) is 0 Å². The Morgan fingerprint density at radius 3 is 1.86 bits per heavy atom. The summed E-state index contributed by atoms with van der Waals surface area (Å²) < 4.78 is 0. The van der Waals surface area contributed by atoms with Crippen molar-refractivity contribution in [1.82, 2.24) is 5.32 Å². The van der Waals surface area contributed by atoms with E-state index >= 15 is 0 Å². The van der Waals surface area contributed by atoms with E-state index in [2.05, 4.69) is 5.32 Å². The first-order valence-corrected chi connectivity index (χ1v) is 7.34. The maximum absolute atomic E-state index is 10.1. The van der Waals surface area contributed by atoms with Gasteiger partial charge in [-0.2, -0.15) is 0 Å². The Morgan fingerprint density at radius 2 is 1.45 bits per heavy atom. The monoisotopic (exact) mass is 299 g/mol. The maximum atomic E-state index is 10.1. The minimum Gasteiger partial charge on any atom is -0.384 e. The van der Waals surface area contributed by atoms with Crippen LogP contribution < -0.4 is 5.32 Å². The molecule has 2 aromatic rings. The molecule has 2 aromatic carbocycles. The number of aryl methyl sites for hydroxylation is 1. The van der Waals surface area contributed by atoms with Gasteiger partial charge >= 0.3 is 0 Å². The van der Waals surface area contributed by atoms with Crippen molar-refractivity contribution >= 4 is 6.41 Å². The summed E-state index contributed by atoms with van der Waals surface area (Å²) in [7, 11) is 0. The number of aliphatic hydroxyl groups is 1. The molecule has 2 rings (SSSR count). The first-order chi connectivity index (χ1) is 10.3. The van der Waals surface area contributed by atoms with Crippen LogP contribution in [0.2, 0.25) is 0 Å². The lowest BCUT2D eigenvalue weighted by Gasteiger charge is -2.15. The SMILES string of the molecule is CC(C)(C)NC=O.Cc1ccc(C(O)c2ccccc2)cc1. The third-order valence-electron chi connectivity index (χ3n) is 3.00. The standard InChI is InChI=1S/C14H14O.C5H11NO/c1-11-7-9-13(10-8-11)14(15)12-5-3-2-4-6-12;1-5(2,3)6-4-7/h2-10,14-15H,1H3;4H,1-3H3,(H,6,7). The second kappa shape index (κ2) is 8.35. The third kappa shape index (κ3) is 6.55. The number of aliphatic hydroxyl groups excluding tert-OH is 1. The average Bonchev–Trinajstić information content (AvgIpc) is 2.48. The average molecular weight is 299 g/mol. The second-order valence-electron chi connectivity index (χ2n) is 6.24. The van der Waals surface area contributed by atoms with E-state index in [0.717, 1.165) is 11.1 Å². The molecule has 0 aromatic heterocycles. The number of amides is 1. The van der Waals surface area contributed by atoms with Crippen molar-refractivity contribution in [3.63, 3.8) is 0 Å². The van der Waals surface area contributed by atoms with Crippen molar-refractivity contribution in [2.45, 2.75) is 39.3 Å². The molecule has 0 aliphatic carbocycles. The van der Waals surface area contributed by atoms with Gasteiger partial charge in [0.15, 0.2) is 0 Å². The molecule has 0 saturated heterocycles. The van der Waals surface area contributed by atoms with Crippen LogP contribution in [-0.2, 0) is 4.79 Å². The van der Waals surface area contributed by atoms with E-state index in [1.54, 1.807) is 0 Å². The predicted molar refractivity (Wildman–Crippen MR) is 90.6 cm³/mol. The van der Waals surface area contributed by atoms with Gasteiger partial charge in [0.2, 0.25) is 6.41 Å².